The Labute approximate surface area is 125 Å². The van der Waals surface area contributed by atoms with Gasteiger partial charge in [-0.15, -0.1) is 0 Å². The molecule has 4 nitrogen and oxygen atoms in total. The number of aromatic nitrogens is 1. The van der Waals surface area contributed by atoms with Gasteiger partial charge in [0.05, 0.1) is 11.2 Å². The summed E-state index contributed by atoms with van der Waals surface area (Å²) in [5, 5.41) is 0.991. The van der Waals surface area contributed by atoms with Crippen LogP contribution in [0.25, 0.3) is 10.9 Å². The maximum atomic E-state index is 12.7. The molecule has 1 aromatic heterocycles. The highest BCUT2D eigenvalue weighted by Gasteiger charge is 2.34. The number of fused-ring (bicyclic) bond motifs is 1. The van der Waals surface area contributed by atoms with Gasteiger partial charge < -0.3 is 15.6 Å². The van der Waals surface area contributed by atoms with Crippen LogP contribution in [0.3, 0.4) is 0 Å². The van der Waals surface area contributed by atoms with Crippen molar-refractivity contribution in [2.24, 2.45) is 11.3 Å². The molecule has 0 aliphatic carbocycles. The first-order chi connectivity index (χ1) is 9.86. The summed E-state index contributed by atoms with van der Waals surface area (Å²) in [5.41, 5.74) is 8.37. The van der Waals surface area contributed by atoms with E-state index in [1.165, 1.54) is 0 Å². The number of anilines is 1. The van der Waals surface area contributed by atoms with Crippen molar-refractivity contribution >= 4 is 22.5 Å². The van der Waals surface area contributed by atoms with E-state index in [0.29, 0.717) is 17.3 Å². The minimum absolute atomic E-state index is 0.0809. The smallest absolute Gasteiger partial charge is 0.270 e. The van der Waals surface area contributed by atoms with Gasteiger partial charge in [-0.3, -0.25) is 4.79 Å². The third-order valence-electron chi connectivity index (χ3n) is 4.62. The van der Waals surface area contributed by atoms with Crippen molar-refractivity contribution in [3.8, 4) is 0 Å². The van der Waals surface area contributed by atoms with Crippen molar-refractivity contribution in [2.45, 2.75) is 27.2 Å². The van der Waals surface area contributed by atoms with Gasteiger partial charge in [-0.05, 0) is 29.9 Å². The molecular weight excluding hydrogens is 262 g/mol. The lowest BCUT2D eigenvalue weighted by atomic mass is 9.80. The molecule has 0 radical (unpaired) electrons. The van der Waals surface area contributed by atoms with Crippen LogP contribution in [0.2, 0.25) is 0 Å². The number of hydrogen-bond acceptors (Lipinski definition) is 2. The molecule has 1 aromatic carbocycles. The normalized spacial score (nSPS) is 19.4. The van der Waals surface area contributed by atoms with E-state index in [2.05, 4.69) is 25.8 Å². The van der Waals surface area contributed by atoms with Gasteiger partial charge in [0.1, 0.15) is 5.69 Å². The van der Waals surface area contributed by atoms with Crippen molar-refractivity contribution in [1.82, 2.24) is 9.88 Å². The van der Waals surface area contributed by atoms with Gasteiger partial charge in [-0.2, -0.15) is 0 Å². The van der Waals surface area contributed by atoms with Gasteiger partial charge >= 0.3 is 0 Å². The highest BCUT2D eigenvalue weighted by molar-refractivity contribution is 6.00. The van der Waals surface area contributed by atoms with E-state index in [9.17, 15) is 4.79 Å². The number of nitrogens with zero attached hydrogens (tertiary/aromatic N) is 1. The van der Waals surface area contributed by atoms with Crippen molar-refractivity contribution in [1.29, 1.82) is 0 Å². The number of carbonyl (C=O) groups is 1. The molecule has 1 fully saturated rings. The Balaban J connectivity index is 1.83. The summed E-state index contributed by atoms with van der Waals surface area (Å²) in [6.07, 6.45) is 1.08. The molecule has 1 unspecified atom stereocenters. The van der Waals surface area contributed by atoms with E-state index in [4.69, 9.17) is 5.73 Å². The van der Waals surface area contributed by atoms with Gasteiger partial charge in [0, 0.05) is 18.5 Å². The Morgan fingerprint density at radius 3 is 2.76 bits per heavy atom. The second-order valence-electron chi connectivity index (χ2n) is 7.10. The number of carbonyl (C=O) groups excluding carboxylic acids is 1. The molecule has 1 aliphatic rings. The molecule has 1 atom stereocenters. The Kier molecular flexibility index (Phi) is 3.19. The van der Waals surface area contributed by atoms with E-state index in [1.807, 2.05) is 29.2 Å². The average molecular weight is 285 g/mol. The van der Waals surface area contributed by atoms with Crippen LogP contribution in [-0.4, -0.2) is 28.9 Å². The van der Waals surface area contributed by atoms with Crippen LogP contribution in [0.5, 0.6) is 0 Å². The molecule has 3 rings (SSSR count). The molecule has 4 heteroatoms. The first-order valence-electron chi connectivity index (χ1n) is 7.53. The molecule has 0 saturated carbocycles. The van der Waals surface area contributed by atoms with Crippen molar-refractivity contribution < 1.29 is 4.79 Å². The maximum absolute atomic E-state index is 12.7. The fourth-order valence-corrected chi connectivity index (χ4v) is 3.12. The summed E-state index contributed by atoms with van der Waals surface area (Å²) in [4.78, 5) is 17.8. The third kappa shape index (κ3) is 2.50. The van der Waals surface area contributed by atoms with Crippen LogP contribution in [0.1, 0.15) is 37.7 Å². The van der Waals surface area contributed by atoms with Crippen LogP contribution < -0.4 is 5.73 Å². The van der Waals surface area contributed by atoms with Crippen LogP contribution in [0.15, 0.2) is 24.3 Å². The predicted molar refractivity (Wildman–Crippen MR) is 86.2 cm³/mol. The molecule has 2 aromatic rings. The topological polar surface area (TPSA) is 62.1 Å². The van der Waals surface area contributed by atoms with E-state index < -0.39 is 0 Å². The second kappa shape index (κ2) is 4.79. The SMILES string of the molecule is CC(C)(C)C1CCN(C(=O)c2cc3cccc(N)c3[nH]2)C1. The highest BCUT2D eigenvalue weighted by atomic mass is 16.2. The molecule has 1 amide bonds. The summed E-state index contributed by atoms with van der Waals surface area (Å²) < 4.78 is 0. The van der Waals surface area contributed by atoms with E-state index in [0.717, 1.165) is 30.4 Å². The second-order valence-corrected chi connectivity index (χ2v) is 7.10. The van der Waals surface area contributed by atoms with Crippen LogP contribution in [0.4, 0.5) is 5.69 Å². The van der Waals surface area contributed by atoms with Crippen molar-refractivity contribution in [3.63, 3.8) is 0 Å². The van der Waals surface area contributed by atoms with Crippen molar-refractivity contribution in [3.05, 3.63) is 30.0 Å². The van der Waals surface area contributed by atoms with E-state index >= 15 is 0 Å². The fourth-order valence-electron chi connectivity index (χ4n) is 3.12. The molecule has 112 valence electrons. The Morgan fingerprint density at radius 1 is 1.38 bits per heavy atom. The Hall–Kier alpha value is -1.97. The van der Waals surface area contributed by atoms with E-state index in [-0.39, 0.29) is 11.3 Å². The minimum Gasteiger partial charge on any atom is -0.397 e. The highest BCUT2D eigenvalue weighted by Crippen LogP contribution is 2.34. The largest absolute Gasteiger partial charge is 0.397 e. The standard InChI is InChI=1S/C17H23N3O/c1-17(2,3)12-7-8-20(10-12)16(21)14-9-11-5-4-6-13(18)15(11)19-14/h4-6,9,12,19H,7-8,10,18H2,1-3H3. The number of likely N-dealkylation sites (tertiary alicyclic amines) is 1. The lowest BCUT2D eigenvalue weighted by Crippen LogP contribution is -2.31. The number of rotatable bonds is 1. The van der Waals surface area contributed by atoms with Gasteiger partial charge in [0.15, 0.2) is 0 Å². The number of aromatic amines is 1. The van der Waals surface area contributed by atoms with E-state index in [1.54, 1.807) is 0 Å². The fraction of sp³-hybridized carbons (Fsp3) is 0.471. The number of para-hydroxylation sites is 1. The lowest BCUT2D eigenvalue weighted by molar-refractivity contribution is 0.0772. The Morgan fingerprint density at radius 2 is 2.14 bits per heavy atom. The van der Waals surface area contributed by atoms with Gasteiger partial charge in [-0.25, -0.2) is 0 Å². The zero-order valence-electron chi connectivity index (χ0n) is 12.9. The number of nitrogens with one attached hydrogen (secondary N) is 1. The number of nitrogens with two attached hydrogens (primary N) is 1. The Bertz CT molecular complexity index is 681. The zero-order chi connectivity index (χ0) is 15.2. The monoisotopic (exact) mass is 285 g/mol. The molecular formula is C17H23N3O. The molecule has 21 heavy (non-hydrogen) atoms. The average Bonchev–Trinajstić information content (AvgIpc) is 3.05. The predicted octanol–water partition coefficient (Wildman–Crippen LogP) is 3.26. The molecule has 1 aliphatic heterocycles. The van der Waals surface area contributed by atoms with Crippen LogP contribution in [0, 0.1) is 11.3 Å². The molecule has 0 spiro atoms. The summed E-state index contributed by atoms with van der Waals surface area (Å²) in [5.74, 6) is 0.647. The first-order valence-corrected chi connectivity index (χ1v) is 7.53. The van der Waals surface area contributed by atoms with Gasteiger partial charge in [0.25, 0.3) is 5.91 Å². The van der Waals surface area contributed by atoms with Gasteiger partial charge in [-0.1, -0.05) is 32.9 Å². The lowest BCUT2D eigenvalue weighted by Gasteiger charge is -2.26. The maximum Gasteiger partial charge on any atom is 0.270 e. The molecule has 3 N–H and O–H groups in total. The number of nitrogen functional groups attached to an aromatic ring is 1. The van der Waals surface area contributed by atoms with Gasteiger partial charge in [0.2, 0.25) is 0 Å². The van der Waals surface area contributed by atoms with Crippen LogP contribution >= 0.6 is 0 Å². The molecule has 0 bridgehead atoms. The summed E-state index contributed by atoms with van der Waals surface area (Å²) in [7, 11) is 0. The minimum atomic E-state index is 0.0809. The number of amides is 1. The number of benzene rings is 1. The summed E-state index contributed by atoms with van der Waals surface area (Å²) >= 11 is 0. The zero-order valence-corrected chi connectivity index (χ0v) is 12.9. The quantitative estimate of drug-likeness (QED) is 0.790. The number of H-pyrrole nitrogens is 1. The third-order valence-corrected chi connectivity index (χ3v) is 4.62. The van der Waals surface area contributed by atoms with Crippen molar-refractivity contribution in [2.75, 3.05) is 18.8 Å². The molecule has 2 heterocycles. The summed E-state index contributed by atoms with van der Waals surface area (Å²) in [6, 6.07) is 7.63. The molecule has 1 saturated heterocycles. The summed E-state index contributed by atoms with van der Waals surface area (Å²) in [6.45, 7) is 8.42. The first kappa shape index (κ1) is 14.0. The number of hydrogen-bond donors (Lipinski definition) is 2. The van der Waals surface area contributed by atoms with Crippen LogP contribution in [-0.2, 0) is 0 Å².